The van der Waals surface area contributed by atoms with E-state index in [1.165, 1.54) is 25.7 Å². The summed E-state index contributed by atoms with van der Waals surface area (Å²) in [7, 11) is 0. The van der Waals surface area contributed by atoms with Gasteiger partial charge in [0.25, 0.3) is 0 Å². The Kier molecular flexibility index (Phi) is 2.60. The Bertz CT molecular complexity index is 135. The maximum absolute atomic E-state index is 6.18. The Balaban J connectivity index is 2.10. The quantitative estimate of drug-likeness (QED) is 0.554. The molecular formula is C8H12Cl2S. The van der Waals surface area contributed by atoms with E-state index in [9.17, 15) is 0 Å². The molecule has 2 aliphatic rings. The Morgan fingerprint density at radius 2 is 1.36 bits per heavy atom. The third-order valence-corrected chi connectivity index (χ3v) is 5.93. The first-order chi connectivity index (χ1) is 5.29. The van der Waals surface area contributed by atoms with Crippen molar-refractivity contribution in [3.63, 3.8) is 0 Å². The largest absolute Gasteiger partial charge is 0.152 e. The lowest BCUT2D eigenvalue weighted by molar-refractivity contribution is 0.565. The van der Waals surface area contributed by atoms with E-state index < -0.39 is 0 Å². The minimum atomic E-state index is 0.229. The van der Waals surface area contributed by atoms with Crippen molar-refractivity contribution in [2.24, 2.45) is 0 Å². The Morgan fingerprint density at radius 3 is 1.82 bits per heavy atom. The summed E-state index contributed by atoms with van der Waals surface area (Å²) in [5.74, 6) is 0. The predicted molar refractivity (Wildman–Crippen MR) is 52.9 cm³/mol. The zero-order valence-corrected chi connectivity index (χ0v) is 8.63. The molecule has 0 aromatic carbocycles. The van der Waals surface area contributed by atoms with Crippen LogP contribution in [-0.4, -0.2) is 21.3 Å². The van der Waals surface area contributed by atoms with Crippen molar-refractivity contribution in [3.8, 4) is 0 Å². The molecule has 0 nitrogen and oxygen atoms in total. The smallest absolute Gasteiger partial charge is 0.0629 e. The van der Waals surface area contributed by atoms with Gasteiger partial charge < -0.3 is 0 Å². The minimum absolute atomic E-state index is 0.229. The van der Waals surface area contributed by atoms with Gasteiger partial charge in [-0.05, 0) is 12.8 Å². The van der Waals surface area contributed by atoms with Crippen LogP contribution in [0.15, 0.2) is 0 Å². The number of hydrogen-bond donors (Lipinski definition) is 0. The highest BCUT2D eigenvalue weighted by atomic mass is 35.5. The molecule has 2 fully saturated rings. The van der Waals surface area contributed by atoms with E-state index >= 15 is 0 Å². The second-order valence-corrected chi connectivity index (χ2v) is 5.88. The molecule has 64 valence electrons. The number of rotatable bonds is 0. The molecule has 2 heterocycles. The van der Waals surface area contributed by atoms with Gasteiger partial charge in [0, 0.05) is 10.5 Å². The van der Waals surface area contributed by atoms with Crippen LogP contribution in [0.4, 0.5) is 0 Å². The Labute approximate surface area is 82.0 Å². The normalized spacial score (nSPS) is 50.7. The molecule has 0 N–H and O–H groups in total. The Morgan fingerprint density at radius 1 is 0.909 bits per heavy atom. The molecule has 4 atom stereocenters. The van der Waals surface area contributed by atoms with Gasteiger partial charge in [-0.2, -0.15) is 11.8 Å². The molecule has 0 amide bonds. The molecule has 2 saturated heterocycles. The van der Waals surface area contributed by atoms with Crippen molar-refractivity contribution in [2.45, 2.75) is 46.9 Å². The van der Waals surface area contributed by atoms with Crippen LogP contribution in [0.1, 0.15) is 25.7 Å². The maximum atomic E-state index is 6.18. The van der Waals surface area contributed by atoms with Crippen molar-refractivity contribution < 1.29 is 0 Å². The van der Waals surface area contributed by atoms with Gasteiger partial charge >= 0.3 is 0 Å². The fourth-order valence-corrected chi connectivity index (χ4v) is 4.76. The van der Waals surface area contributed by atoms with Crippen LogP contribution in [0.3, 0.4) is 0 Å². The summed E-state index contributed by atoms with van der Waals surface area (Å²) in [6.07, 6.45) is 5.25. The van der Waals surface area contributed by atoms with E-state index in [1.54, 1.807) is 0 Å². The van der Waals surface area contributed by atoms with Crippen molar-refractivity contribution in [1.29, 1.82) is 0 Å². The fraction of sp³-hybridized carbons (Fsp3) is 1.00. The molecule has 0 unspecified atom stereocenters. The molecular weight excluding hydrogens is 199 g/mol. The first kappa shape index (κ1) is 8.52. The van der Waals surface area contributed by atoms with Crippen molar-refractivity contribution in [3.05, 3.63) is 0 Å². The van der Waals surface area contributed by atoms with Crippen LogP contribution in [-0.2, 0) is 0 Å². The molecule has 0 spiro atoms. The maximum Gasteiger partial charge on any atom is 0.0629 e. The zero-order chi connectivity index (χ0) is 7.84. The summed E-state index contributed by atoms with van der Waals surface area (Å²) < 4.78 is 0. The van der Waals surface area contributed by atoms with Gasteiger partial charge in [0.15, 0.2) is 0 Å². The molecule has 0 radical (unpaired) electrons. The number of thioether (sulfide) groups is 1. The van der Waals surface area contributed by atoms with Gasteiger partial charge in [-0.15, -0.1) is 23.2 Å². The standard InChI is InChI=1S/C8H12Cl2S/c9-7-5-3-1-2-4-6(11-5)8(7)10/h5-8H,1-4H2/t5-,6+,7+,8-. The monoisotopic (exact) mass is 210 g/mol. The third kappa shape index (κ3) is 1.52. The van der Waals surface area contributed by atoms with Crippen LogP contribution < -0.4 is 0 Å². The highest BCUT2D eigenvalue weighted by Gasteiger charge is 2.42. The summed E-state index contributed by atoms with van der Waals surface area (Å²) in [5, 5.41) is 1.75. The van der Waals surface area contributed by atoms with Crippen LogP contribution in [0, 0.1) is 0 Å². The van der Waals surface area contributed by atoms with Gasteiger partial charge in [-0.1, -0.05) is 12.8 Å². The van der Waals surface area contributed by atoms with Crippen molar-refractivity contribution >= 4 is 35.0 Å². The van der Waals surface area contributed by atoms with Crippen LogP contribution in [0.2, 0.25) is 0 Å². The number of halogens is 2. The summed E-state index contributed by atoms with van der Waals surface area (Å²) in [6, 6.07) is 0. The van der Waals surface area contributed by atoms with E-state index in [1.807, 2.05) is 11.8 Å². The minimum Gasteiger partial charge on any atom is -0.152 e. The van der Waals surface area contributed by atoms with Gasteiger partial charge in [0.1, 0.15) is 0 Å². The van der Waals surface area contributed by atoms with Crippen molar-refractivity contribution in [2.75, 3.05) is 0 Å². The lowest BCUT2D eigenvalue weighted by Crippen LogP contribution is -2.24. The predicted octanol–water partition coefficient (Wildman–Crippen LogP) is 3.26. The lowest BCUT2D eigenvalue weighted by atomic mass is 10.0. The average molecular weight is 211 g/mol. The van der Waals surface area contributed by atoms with Gasteiger partial charge in [-0.3, -0.25) is 0 Å². The molecule has 3 heteroatoms. The van der Waals surface area contributed by atoms with E-state index in [2.05, 4.69) is 0 Å². The molecule has 2 aliphatic heterocycles. The Hall–Kier alpha value is 0.930. The molecule has 0 saturated carbocycles. The summed E-state index contributed by atoms with van der Waals surface area (Å²) in [5.41, 5.74) is 0. The summed E-state index contributed by atoms with van der Waals surface area (Å²) in [6.45, 7) is 0. The number of alkyl halides is 2. The first-order valence-electron chi connectivity index (χ1n) is 4.22. The van der Waals surface area contributed by atoms with E-state index in [4.69, 9.17) is 23.2 Å². The zero-order valence-electron chi connectivity index (χ0n) is 6.30. The van der Waals surface area contributed by atoms with Crippen LogP contribution >= 0.6 is 35.0 Å². The van der Waals surface area contributed by atoms with Crippen molar-refractivity contribution in [1.82, 2.24) is 0 Å². The van der Waals surface area contributed by atoms with E-state index in [-0.39, 0.29) is 10.8 Å². The van der Waals surface area contributed by atoms with Crippen LogP contribution in [0.25, 0.3) is 0 Å². The number of hydrogen-bond acceptors (Lipinski definition) is 1. The molecule has 0 aromatic rings. The second-order valence-electron chi connectivity index (χ2n) is 3.39. The third-order valence-electron chi connectivity index (χ3n) is 2.59. The first-order valence-corrected chi connectivity index (χ1v) is 6.04. The summed E-state index contributed by atoms with van der Waals surface area (Å²) >= 11 is 14.4. The molecule has 11 heavy (non-hydrogen) atoms. The molecule has 0 aromatic heterocycles. The number of fused-ring (bicyclic) bond motifs is 2. The molecule has 2 rings (SSSR count). The van der Waals surface area contributed by atoms with E-state index in [0.29, 0.717) is 10.5 Å². The molecule has 2 bridgehead atoms. The topological polar surface area (TPSA) is 0 Å². The van der Waals surface area contributed by atoms with Gasteiger partial charge in [0.2, 0.25) is 0 Å². The fourth-order valence-electron chi connectivity index (χ4n) is 1.93. The molecule has 0 aliphatic carbocycles. The average Bonchev–Trinajstić information content (AvgIpc) is 2.31. The highest BCUT2D eigenvalue weighted by Crippen LogP contribution is 2.46. The van der Waals surface area contributed by atoms with Gasteiger partial charge in [-0.25, -0.2) is 0 Å². The highest BCUT2D eigenvalue weighted by molar-refractivity contribution is 8.01. The summed E-state index contributed by atoms with van der Waals surface area (Å²) in [4.78, 5) is 0. The SMILES string of the molecule is Cl[C@@H]1[C@H](Cl)[C@@H]2CCCC[C@H]1S2. The second kappa shape index (κ2) is 3.35. The lowest BCUT2D eigenvalue weighted by Gasteiger charge is -2.16. The van der Waals surface area contributed by atoms with Crippen LogP contribution in [0.5, 0.6) is 0 Å². The van der Waals surface area contributed by atoms with E-state index in [0.717, 1.165) is 0 Å². The van der Waals surface area contributed by atoms with Gasteiger partial charge in [0.05, 0.1) is 10.8 Å².